The lowest BCUT2D eigenvalue weighted by Gasteiger charge is -2.34. The molecule has 0 N–H and O–H groups in total. The molecule has 0 aromatic heterocycles. The second-order valence-electron chi connectivity index (χ2n) is 5.14. The number of hydrogen-bond donors (Lipinski definition) is 0. The zero-order valence-electron chi connectivity index (χ0n) is 11.0. The molecule has 0 spiro atoms. The lowest BCUT2D eigenvalue weighted by atomic mass is 9.79. The summed E-state index contributed by atoms with van der Waals surface area (Å²) in [6.45, 7) is 0. The van der Waals surface area contributed by atoms with Crippen molar-refractivity contribution in [3.63, 3.8) is 0 Å². The number of ether oxygens (including phenoxy) is 1. The predicted molar refractivity (Wildman–Crippen MR) is 75.6 cm³/mol. The Bertz CT molecular complexity index is 447. The molecule has 104 valence electrons. The number of hydrogen-bond acceptors (Lipinski definition) is 2. The quantitative estimate of drug-likeness (QED) is 0.833. The molecular weight excluding hydrogens is 311 g/mol. The Morgan fingerprint density at radius 1 is 1.32 bits per heavy atom. The third-order valence-corrected chi connectivity index (χ3v) is 4.31. The number of ketones is 1. The lowest BCUT2D eigenvalue weighted by Crippen LogP contribution is -2.43. The maximum atomic E-state index is 13.3. The first kappa shape index (κ1) is 14.7. The Morgan fingerprint density at radius 3 is 2.58 bits per heavy atom. The Labute approximate surface area is 121 Å². The van der Waals surface area contributed by atoms with Crippen molar-refractivity contribution in [2.75, 3.05) is 7.11 Å². The molecule has 0 unspecified atom stereocenters. The molecule has 1 fully saturated rings. The molecule has 19 heavy (non-hydrogen) atoms. The number of benzene rings is 1. The Hall–Kier alpha value is -0.740. The molecule has 2 rings (SSSR count). The van der Waals surface area contributed by atoms with E-state index in [1.54, 1.807) is 13.2 Å². The molecule has 1 saturated carbocycles. The van der Waals surface area contributed by atoms with E-state index in [2.05, 4.69) is 15.9 Å². The minimum absolute atomic E-state index is 0.0622. The first-order valence-corrected chi connectivity index (χ1v) is 7.38. The van der Waals surface area contributed by atoms with Crippen LogP contribution in [0.5, 0.6) is 0 Å². The van der Waals surface area contributed by atoms with Crippen LogP contribution in [0, 0.1) is 5.82 Å². The fourth-order valence-electron chi connectivity index (χ4n) is 2.78. The van der Waals surface area contributed by atoms with Gasteiger partial charge >= 0.3 is 0 Å². The van der Waals surface area contributed by atoms with Gasteiger partial charge in [-0.25, -0.2) is 4.39 Å². The van der Waals surface area contributed by atoms with Gasteiger partial charge in [-0.2, -0.15) is 0 Å². The van der Waals surface area contributed by atoms with Crippen molar-refractivity contribution in [1.29, 1.82) is 0 Å². The van der Waals surface area contributed by atoms with Gasteiger partial charge in [0.1, 0.15) is 11.4 Å². The highest BCUT2D eigenvalue weighted by Gasteiger charge is 2.38. The van der Waals surface area contributed by atoms with E-state index in [1.165, 1.54) is 12.1 Å². The van der Waals surface area contributed by atoms with Crippen LogP contribution in [0.3, 0.4) is 0 Å². The topological polar surface area (TPSA) is 26.3 Å². The third-order valence-electron chi connectivity index (χ3n) is 3.85. The Balaban J connectivity index is 2.14. The highest BCUT2D eigenvalue weighted by atomic mass is 79.9. The van der Waals surface area contributed by atoms with E-state index in [-0.39, 0.29) is 18.0 Å². The van der Waals surface area contributed by atoms with Gasteiger partial charge < -0.3 is 4.74 Å². The van der Waals surface area contributed by atoms with Gasteiger partial charge in [0.25, 0.3) is 0 Å². The van der Waals surface area contributed by atoms with Crippen LogP contribution in [0.2, 0.25) is 0 Å². The molecule has 0 amide bonds. The average molecular weight is 329 g/mol. The normalized spacial score (nSPS) is 18.3. The predicted octanol–water partition coefficient (Wildman–Crippen LogP) is 4.05. The molecular formula is C15H18BrFO2. The summed E-state index contributed by atoms with van der Waals surface area (Å²) in [5.74, 6) is -0.264. The van der Waals surface area contributed by atoms with Gasteiger partial charge in [-0.1, -0.05) is 35.2 Å². The summed E-state index contributed by atoms with van der Waals surface area (Å²) in [5, 5.41) is 0. The number of carbonyl (C=O) groups excluding carboxylic acids is 1. The molecule has 0 radical (unpaired) electrons. The second-order valence-corrected chi connectivity index (χ2v) is 6.05. The van der Waals surface area contributed by atoms with E-state index in [0.29, 0.717) is 10.0 Å². The summed E-state index contributed by atoms with van der Waals surface area (Å²) in [4.78, 5) is 12.5. The minimum atomic E-state index is -0.656. The van der Waals surface area contributed by atoms with Crippen molar-refractivity contribution in [1.82, 2.24) is 0 Å². The van der Waals surface area contributed by atoms with E-state index in [1.807, 2.05) is 0 Å². The fourth-order valence-corrected chi connectivity index (χ4v) is 3.29. The highest BCUT2D eigenvalue weighted by molar-refractivity contribution is 9.10. The van der Waals surface area contributed by atoms with Gasteiger partial charge in [0.05, 0.1) is 0 Å². The van der Waals surface area contributed by atoms with Crippen LogP contribution in [0.15, 0.2) is 22.7 Å². The molecule has 1 aromatic carbocycles. The zero-order valence-corrected chi connectivity index (χ0v) is 12.6. The number of methoxy groups -OCH3 is 1. The molecule has 1 aliphatic rings. The molecule has 0 heterocycles. The van der Waals surface area contributed by atoms with Crippen LogP contribution in [0.4, 0.5) is 4.39 Å². The van der Waals surface area contributed by atoms with Gasteiger partial charge in [-0.15, -0.1) is 0 Å². The van der Waals surface area contributed by atoms with Crippen LogP contribution < -0.4 is 0 Å². The molecule has 0 bridgehead atoms. The first-order valence-electron chi connectivity index (χ1n) is 6.59. The Kier molecular flexibility index (Phi) is 4.74. The number of carbonyl (C=O) groups is 1. The van der Waals surface area contributed by atoms with Crippen LogP contribution in [-0.4, -0.2) is 18.5 Å². The summed E-state index contributed by atoms with van der Waals surface area (Å²) in [7, 11) is 1.60. The van der Waals surface area contributed by atoms with E-state index in [9.17, 15) is 9.18 Å². The van der Waals surface area contributed by atoms with Crippen molar-refractivity contribution in [2.24, 2.45) is 0 Å². The lowest BCUT2D eigenvalue weighted by molar-refractivity contribution is -0.144. The minimum Gasteiger partial charge on any atom is -0.370 e. The summed E-state index contributed by atoms with van der Waals surface area (Å²) in [6.07, 6.45) is 4.98. The van der Waals surface area contributed by atoms with Crippen LogP contribution in [0.25, 0.3) is 0 Å². The van der Waals surface area contributed by atoms with Crippen LogP contribution in [-0.2, 0) is 16.0 Å². The molecule has 2 nitrogen and oxygen atoms in total. The van der Waals surface area contributed by atoms with Gasteiger partial charge in [-0.05, 0) is 36.6 Å². The average Bonchev–Trinajstić information content (AvgIpc) is 2.38. The second kappa shape index (κ2) is 6.14. The molecule has 0 saturated heterocycles. The van der Waals surface area contributed by atoms with Crippen LogP contribution >= 0.6 is 15.9 Å². The summed E-state index contributed by atoms with van der Waals surface area (Å²) in [5.41, 5.74) is 0.0377. The van der Waals surface area contributed by atoms with Crippen molar-refractivity contribution in [3.05, 3.63) is 34.1 Å². The van der Waals surface area contributed by atoms with Crippen LogP contribution in [0.1, 0.15) is 37.7 Å². The standard InChI is InChI=1S/C15H18BrFO2/c1-19-15(5-3-2-4-6-15)14(18)9-11-7-12(16)10-13(17)8-11/h7-8,10H,2-6,9H2,1H3. The van der Waals surface area contributed by atoms with Gasteiger partial charge in [0.15, 0.2) is 5.78 Å². The van der Waals surface area contributed by atoms with E-state index in [4.69, 9.17) is 4.74 Å². The van der Waals surface area contributed by atoms with Crippen molar-refractivity contribution >= 4 is 21.7 Å². The maximum absolute atomic E-state index is 13.3. The third kappa shape index (κ3) is 3.42. The van der Waals surface area contributed by atoms with Gasteiger partial charge in [-0.3, -0.25) is 4.79 Å². The highest BCUT2D eigenvalue weighted by Crippen LogP contribution is 2.33. The summed E-state index contributed by atoms with van der Waals surface area (Å²) in [6, 6.07) is 4.59. The summed E-state index contributed by atoms with van der Waals surface area (Å²) >= 11 is 3.25. The number of Topliss-reactive ketones (excluding diaryl/α,β-unsaturated/α-hetero) is 1. The van der Waals surface area contributed by atoms with Crippen molar-refractivity contribution < 1.29 is 13.9 Å². The van der Waals surface area contributed by atoms with E-state index in [0.717, 1.165) is 32.1 Å². The molecule has 4 heteroatoms. The smallest absolute Gasteiger partial charge is 0.168 e. The fraction of sp³-hybridized carbons (Fsp3) is 0.533. The SMILES string of the molecule is COC1(C(=O)Cc2cc(F)cc(Br)c2)CCCCC1. The maximum Gasteiger partial charge on any atom is 0.168 e. The Morgan fingerprint density at radius 2 is 2.00 bits per heavy atom. The molecule has 1 aromatic rings. The van der Waals surface area contributed by atoms with Gasteiger partial charge in [0.2, 0.25) is 0 Å². The number of halogens is 2. The van der Waals surface area contributed by atoms with Crippen molar-refractivity contribution in [2.45, 2.75) is 44.1 Å². The molecule has 1 aliphatic carbocycles. The molecule has 0 atom stereocenters. The largest absolute Gasteiger partial charge is 0.370 e. The first-order chi connectivity index (χ1) is 9.05. The summed E-state index contributed by atoms with van der Waals surface area (Å²) < 4.78 is 19.5. The number of rotatable bonds is 4. The van der Waals surface area contributed by atoms with Crippen molar-refractivity contribution in [3.8, 4) is 0 Å². The van der Waals surface area contributed by atoms with E-state index >= 15 is 0 Å². The van der Waals surface area contributed by atoms with Gasteiger partial charge in [0, 0.05) is 18.0 Å². The molecule has 0 aliphatic heterocycles. The zero-order chi connectivity index (χ0) is 13.9. The monoisotopic (exact) mass is 328 g/mol. The van der Waals surface area contributed by atoms with E-state index < -0.39 is 5.60 Å².